The van der Waals surface area contributed by atoms with Gasteiger partial charge in [-0.2, -0.15) is 0 Å². The van der Waals surface area contributed by atoms with Crippen LogP contribution < -0.4 is 25.1 Å². The van der Waals surface area contributed by atoms with Crippen molar-refractivity contribution >= 4 is 91.4 Å². The summed E-state index contributed by atoms with van der Waals surface area (Å²) in [6, 6.07) is 83.8. The second kappa shape index (κ2) is 14.9. The van der Waals surface area contributed by atoms with E-state index in [1.54, 1.807) is 0 Å². The van der Waals surface area contributed by atoms with E-state index in [1.807, 2.05) is 0 Å². The van der Waals surface area contributed by atoms with Gasteiger partial charge in [0.2, 0.25) is 0 Å². The van der Waals surface area contributed by atoms with Crippen LogP contribution in [-0.4, -0.2) is 12.6 Å². The van der Waals surface area contributed by atoms with Crippen LogP contribution in [0.3, 0.4) is 0 Å². The molecule has 0 N–H and O–H groups in total. The highest BCUT2D eigenvalue weighted by Gasteiger charge is 2.38. The van der Waals surface area contributed by atoms with Crippen LogP contribution in [0.4, 0.5) is 51.2 Å². The minimum atomic E-state index is -1.93. The van der Waals surface area contributed by atoms with Gasteiger partial charge in [0, 0.05) is 50.6 Å². The third-order valence-corrected chi connectivity index (χ3v) is 15.8. The molecule has 5 heteroatoms. The van der Waals surface area contributed by atoms with Crippen LogP contribution >= 0.6 is 0 Å². The number of rotatable bonds is 8. The molecule has 9 aromatic carbocycles. The van der Waals surface area contributed by atoms with E-state index in [-0.39, 0.29) is 0 Å². The highest BCUT2D eigenvalue weighted by atomic mass is 28.3. The van der Waals surface area contributed by atoms with Gasteiger partial charge in [-0.1, -0.05) is 140 Å². The van der Waals surface area contributed by atoms with Gasteiger partial charge < -0.3 is 19.3 Å². The van der Waals surface area contributed by atoms with Crippen molar-refractivity contribution in [2.45, 2.75) is 13.1 Å². The molecule has 0 fully saturated rings. The molecule has 0 atom stereocenters. The van der Waals surface area contributed by atoms with Crippen LogP contribution in [0.5, 0.6) is 0 Å². The summed E-state index contributed by atoms with van der Waals surface area (Å²) < 4.78 is 2.46. The summed E-state index contributed by atoms with van der Waals surface area (Å²) in [5.74, 6) is 0. The summed E-state index contributed by atoms with van der Waals surface area (Å²) in [5, 5.41) is 5.35. The van der Waals surface area contributed by atoms with Gasteiger partial charge in [0.25, 0.3) is 0 Å². The van der Waals surface area contributed by atoms with Crippen LogP contribution in [0.1, 0.15) is 0 Å². The quantitative estimate of drug-likeness (QED) is 0.142. The molecular weight excluding hydrogens is 757 g/mol. The fourth-order valence-corrected chi connectivity index (χ4v) is 12.5. The summed E-state index contributed by atoms with van der Waals surface area (Å²) in [6.07, 6.45) is 0. The molecule has 11 rings (SSSR count). The predicted molar refractivity (Wildman–Crippen MR) is 262 cm³/mol. The van der Waals surface area contributed by atoms with Gasteiger partial charge in [-0.15, -0.1) is 0 Å². The zero-order chi connectivity index (χ0) is 40.9. The van der Waals surface area contributed by atoms with Gasteiger partial charge >= 0.3 is 0 Å². The first-order valence-corrected chi connectivity index (χ1v) is 24.0. The van der Waals surface area contributed by atoms with Crippen molar-refractivity contribution in [3.05, 3.63) is 231 Å². The van der Waals surface area contributed by atoms with Gasteiger partial charge in [0.1, 0.15) is 8.07 Å². The molecule has 0 unspecified atom stereocenters. The number of hydrogen-bond donors (Lipinski definition) is 0. The first-order chi connectivity index (χ1) is 30.0. The Labute approximate surface area is 358 Å². The van der Waals surface area contributed by atoms with Gasteiger partial charge in [-0.3, -0.25) is 0 Å². The Bertz CT molecular complexity index is 2950. The molecule has 1 aliphatic heterocycles. The van der Waals surface area contributed by atoms with E-state index in [0.717, 1.165) is 56.5 Å². The highest BCUT2D eigenvalue weighted by Crippen LogP contribution is 2.45. The van der Waals surface area contributed by atoms with Crippen LogP contribution in [0.25, 0.3) is 27.5 Å². The van der Waals surface area contributed by atoms with Gasteiger partial charge in [0.05, 0.1) is 28.1 Å². The average Bonchev–Trinajstić information content (AvgIpc) is 3.65. The molecule has 0 saturated heterocycles. The van der Waals surface area contributed by atoms with E-state index >= 15 is 0 Å². The molecule has 0 aliphatic carbocycles. The van der Waals surface area contributed by atoms with Crippen molar-refractivity contribution < 1.29 is 0 Å². The van der Waals surface area contributed by atoms with E-state index in [4.69, 9.17) is 0 Å². The Balaban J connectivity index is 1.17. The van der Waals surface area contributed by atoms with Crippen LogP contribution in [-0.2, 0) is 0 Å². The molecule has 1 aliphatic rings. The number of fused-ring (bicyclic) bond motifs is 5. The number of nitrogens with zero attached hydrogens (tertiary/aromatic N) is 4. The zero-order valence-electron chi connectivity index (χ0n) is 34.2. The maximum atomic E-state index is 2.49. The average molecular weight is 801 g/mol. The summed E-state index contributed by atoms with van der Waals surface area (Å²) in [6.45, 7) is 4.96. The first kappa shape index (κ1) is 36.5. The van der Waals surface area contributed by atoms with Crippen LogP contribution in [0.2, 0.25) is 13.1 Å². The Morgan fingerprint density at radius 1 is 0.328 bits per heavy atom. The Kier molecular flexibility index (Phi) is 8.91. The zero-order valence-corrected chi connectivity index (χ0v) is 35.2. The number of benzene rings is 9. The van der Waals surface area contributed by atoms with Gasteiger partial charge in [0.15, 0.2) is 0 Å². The molecule has 0 bridgehead atoms. The summed E-state index contributed by atoms with van der Waals surface area (Å²) >= 11 is 0. The third kappa shape index (κ3) is 6.21. The molecule has 0 amide bonds. The number of para-hydroxylation sites is 7. The van der Waals surface area contributed by atoms with Crippen LogP contribution in [0.15, 0.2) is 231 Å². The second-order valence-corrected chi connectivity index (χ2v) is 20.6. The number of aromatic nitrogens is 1. The smallest absolute Gasteiger partial charge is 0.117 e. The lowest BCUT2D eigenvalue weighted by Gasteiger charge is -2.41. The number of hydrogen-bond acceptors (Lipinski definition) is 3. The predicted octanol–water partition coefficient (Wildman–Crippen LogP) is 14.3. The molecule has 2 heterocycles. The maximum absolute atomic E-state index is 2.49. The number of anilines is 9. The molecule has 1 aromatic heterocycles. The van der Waals surface area contributed by atoms with Crippen molar-refractivity contribution in [2.24, 2.45) is 0 Å². The molecule has 61 heavy (non-hydrogen) atoms. The van der Waals surface area contributed by atoms with Crippen molar-refractivity contribution in [1.29, 1.82) is 0 Å². The SMILES string of the molecule is C[Si]1(C)c2ccccc2N(c2ccc3c(c2)c2ccccc2n3-c2cc(N(c3ccccc3)c3ccccc3)cc(N(c3ccccc3)c3ccccc3)c2)c2ccccc21. The van der Waals surface area contributed by atoms with Gasteiger partial charge in [-0.25, -0.2) is 0 Å². The first-order valence-electron chi connectivity index (χ1n) is 21.0. The van der Waals surface area contributed by atoms with Crippen molar-refractivity contribution in [2.75, 3.05) is 14.7 Å². The maximum Gasteiger partial charge on any atom is 0.117 e. The Hall–Kier alpha value is -7.60. The Morgan fingerprint density at radius 3 is 1.23 bits per heavy atom. The minimum absolute atomic E-state index is 1.05. The van der Waals surface area contributed by atoms with Crippen molar-refractivity contribution in [3.8, 4) is 5.69 Å². The highest BCUT2D eigenvalue weighted by molar-refractivity contribution is 7.02. The van der Waals surface area contributed by atoms with E-state index in [0.29, 0.717) is 0 Å². The van der Waals surface area contributed by atoms with Crippen LogP contribution in [0, 0.1) is 0 Å². The monoisotopic (exact) mass is 800 g/mol. The lowest BCUT2D eigenvalue weighted by Crippen LogP contribution is -2.58. The summed E-state index contributed by atoms with van der Waals surface area (Å²) in [5.41, 5.74) is 13.5. The largest absolute Gasteiger partial charge is 0.311 e. The molecular formula is C56H44N4Si. The van der Waals surface area contributed by atoms with Crippen molar-refractivity contribution in [3.63, 3.8) is 0 Å². The standard InChI is InChI=1S/C56H44N4Si/c1-61(2)55-33-19-17-31-53(55)59(54-32-18-20-34-56(54)61)45-35-36-52-50(40-45)49-29-15-16-30-51(49)60(52)48-38-46(57(41-21-7-3-8-22-41)42-23-9-4-10-24-42)37-47(39-48)58(43-25-11-5-12-26-43)44-27-13-6-14-28-44/h3-40H,1-2H3. The lowest BCUT2D eigenvalue weighted by atomic mass is 10.1. The van der Waals surface area contributed by atoms with Crippen molar-refractivity contribution in [1.82, 2.24) is 4.57 Å². The molecule has 0 spiro atoms. The molecule has 292 valence electrons. The summed E-state index contributed by atoms with van der Waals surface area (Å²) in [4.78, 5) is 7.22. The lowest BCUT2D eigenvalue weighted by molar-refractivity contribution is 1.16. The molecule has 0 saturated carbocycles. The summed E-state index contributed by atoms with van der Waals surface area (Å²) in [7, 11) is -1.93. The topological polar surface area (TPSA) is 14.7 Å². The molecule has 0 radical (unpaired) electrons. The molecule has 10 aromatic rings. The fourth-order valence-electron chi connectivity index (χ4n) is 9.49. The molecule has 4 nitrogen and oxygen atoms in total. The minimum Gasteiger partial charge on any atom is -0.311 e. The van der Waals surface area contributed by atoms with Gasteiger partial charge in [-0.05, 0) is 114 Å². The Morgan fingerprint density at radius 2 is 0.738 bits per heavy atom. The normalized spacial score (nSPS) is 12.9. The van der Waals surface area contributed by atoms with E-state index in [9.17, 15) is 0 Å². The van der Waals surface area contributed by atoms with E-state index < -0.39 is 8.07 Å². The second-order valence-electron chi connectivity index (χ2n) is 16.3. The van der Waals surface area contributed by atoms with E-state index in [2.05, 4.69) is 263 Å². The third-order valence-electron chi connectivity index (χ3n) is 12.3. The van der Waals surface area contributed by atoms with E-state index in [1.165, 1.54) is 32.5 Å². The fraction of sp³-hybridized carbons (Fsp3) is 0.0357.